The van der Waals surface area contributed by atoms with Crippen LogP contribution in [0.25, 0.3) is 0 Å². The van der Waals surface area contributed by atoms with Crippen molar-refractivity contribution < 1.29 is 19.0 Å². The molecule has 3 aliphatic rings. The number of aliphatic imine (C=N–C) groups is 1. The summed E-state index contributed by atoms with van der Waals surface area (Å²) in [6.45, 7) is 9.84. The number of piperidine rings is 1. The minimum Gasteiger partial charge on any atom is -0.444 e. The molecule has 2 bridgehead atoms. The van der Waals surface area contributed by atoms with Crippen LogP contribution in [0.15, 0.2) is 4.99 Å². The third kappa shape index (κ3) is 6.74. The molecule has 3 heterocycles. The van der Waals surface area contributed by atoms with Crippen molar-refractivity contribution in [3.63, 3.8) is 0 Å². The number of rotatable bonds is 7. The topological polar surface area (TPSA) is 84.4 Å². The average Bonchev–Trinajstić information content (AvgIpc) is 3.28. The van der Waals surface area contributed by atoms with Crippen LogP contribution in [0.3, 0.4) is 0 Å². The number of hydrogen-bond acceptors (Lipinski definition) is 5. The number of hydrogen-bond donors (Lipinski definition) is 2. The van der Waals surface area contributed by atoms with E-state index in [2.05, 4.69) is 15.6 Å². The molecule has 3 saturated heterocycles. The van der Waals surface area contributed by atoms with Gasteiger partial charge in [-0.1, -0.05) is 0 Å². The lowest BCUT2D eigenvalue weighted by Gasteiger charge is -2.40. The van der Waals surface area contributed by atoms with Crippen LogP contribution >= 0.6 is 0 Å². The van der Waals surface area contributed by atoms with E-state index in [1.54, 1.807) is 7.05 Å². The second kappa shape index (κ2) is 10.7. The van der Waals surface area contributed by atoms with E-state index >= 15 is 0 Å². The lowest BCUT2D eigenvalue weighted by atomic mass is 9.98. The molecule has 30 heavy (non-hydrogen) atoms. The summed E-state index contributed by atoms with van der Waals surface area (Å²) in [5.74, 6) is 1.39. The summed E-state index contributed by atoms with van der Waals surface area (Å²) in [5.41, 5.74) is -0.452. The molecule has 3 rings (SSSR count). The summed E-state index contributed by atoms with van der Waals surface area (Å²) in [4.78, 5) is 18.9. The minimum atomic E-state index is -0.452. The third-order valence-corrected chi connectivity index (χ3v) is 6.04. The SMILES string of the molecule is CN=C(NCCCOCC1CCOC1)NC1CC2CCC(C1)N2C(=O)OC(C)(C)C. The van der Waals surface area contributed by atoms with Gasteiger partial charge in [0.1, 0.15) is 5.60 Å². The van der Waals surface area contributed by atoms with Crippen LogP contribution < -0.4 is 10.6 Å². The quantitative estimate of drug-likeness (QED) is 0.371. The molecule has 3 unspecified atom stereocenters. The van der Waals surface area contributed by atoms with Crippen LogP contribution in [0.2, 0.25) is 0 Å². The first-order valence-electron chi connectivity index (χ1n) is 11.5. The van der Waals surface area contributed by atoms with Crippen LogP contribution in [0.5, 0.6) is 0 Å². The van der Waals surface area contributed by atoms with Gasteiger partial charge in [-0.15, -0.1) is 0 Å². The van der Waals surface area contributed by atoms with E-state index in [9.17, 15) is 4.79 Å². The van der Waals surface area contributed by atoms with E-state index in [0.717, 1.165) is 77.5 Å². The smallest absolute Gasteiger partial charge is 0.410 e. The first kappa shape index (κ1) is 23.1. The van der Waals surface area contributed by atoms with Crippen LogP contribution in [0.4, 0.5) is 4.79 Å². The van der Waals surface area contributed by atoms with E-state index in [0.29, 0.717) is 12.0 Å². The largest absolute Gasteiger partial charge is 0.444 e. The standard InChI is InChI=1S/C22H40N4O4/c1-22(2,3)30-21(27)26-18-6-7-19(26)13-17(12-18)25-20(23-4)24-9-5-10-28-14-16-8-11-29-15-16/h16-19H,5-15H2,1-4H3,(H2,23,24,25). The summed E-state index contributed by atoms with van der Waals surface area (Å²) in [5, 5.41) is 6.94. The molecule has 3 fully saturated rings. The molecular formula is C22H40N4O4. The number of carbonyl (C=O) groups excluding carboxylic acids is 1. The monoisotopic (exact) mass is 424 g/mol. The van der Waals surface area contributed by atoms with Gasteiger partial charge in [-0.2, -0.15) is 0 Å². The van der Waals surface area contributed by atoms with Gasteiger partial charge in [0.05, 0.1) is 13.2 Å². The highest BCUT2D eigenvalue weighted by Crippen LogP contribution is 2.36. The summed E-state index contributed by atoms with van der Waals surface area (Å²) in [6, 6.07) is 0.829. The van der Waals surface area contributed by atoms with Crippen LogP contribution in [-0.4, -0.2) is 80.7 Å². The Bertz CT molecular complexity index is 572. The highest BCUT2D eigenvalue weighted by molar-refractivity contribution is 5.80. The maximum Gasteiger partial charge on any atom is 0.410 e. The molecule has 1 amide bonds. The lowest BCUT2D eigenvalue weighted by Crippen LogP contribution is -2.55. The van der Waals surface area contributed by atoms with Gasteiger partial charge in [0.25, 0.3) is 0 Å². The van der Waals surface area contributed by atoms with Crippen molar-refractivity contribution >= 4 is 12.1 Å². The zero-order valence-electron chi connectivity index (χ0n) is 19.1. The van der Waals surface area contributed by atoms with E-state index in [-0.39, 0.29) is 18.2 Å². The molecule has 0 spiro atoms. The Morgan fingerprint density at radius 2 is 1.93 bits per heavy atom. The molecule has 0 aromatic rings. The minimum absolute atomic E-state index is 0.167. The molecular weight excluding hydrogens is 384 g/mol. The highest BCUT2D eigenvalue weighted by atomic mass is 16.6. The Morgan fingerprint density at radius 1 is 1.20 bits per heavy atom. The maximum absolute atomic E-state index is 12.6. The van der Waals surface area contributed by atoms with Gasteiger partial charge in [-0.25, -0.2) is 4.79 Å². The summed E-state index contributed by atoms with van der Waals surface area (Å²) in [7, 11) is 1.80. The molecule has 0 saturated carbocycles. The van der Waals surface area contributed by atoms with Crippen molar-refractivity contribution in [1.29, 1.82) is 0 Å². The number of nitrogens with zero attached hydrogens (tertiary/aromatic N) is 2. The van der Waals surface area contributed by atoms with Crippen LogP contribution in [0.1, 0.15) is 59.3 Å². The average molecular weight is 425 g/mol. The molecule has 0 aromatic carbocycles. The van der Waals surface area contributed by atoms with Gasteiger partial charge >= 0.3 is 6.09 Å². The predicted molar refractivity (Wildman–Crippen MR) is 117 cm³/mol. The Balaban J connectivity index is 1.35. The molecule has 3 aliphatic heterocycles. The fraction of sp³-hybridized carbons (Fsp3) is 0.909. The highest BCUT2D eigenvalue weighted by Gasteiger charge is 2.45. The first-order valence-corrected chi connectivity index (χ1v) is 11.5. The van der Waals surface area contributed by atoms with Gasteiger partial charge < -0.3 is 29.7 Å². The van der Waals surface area contributed by atoms with E-state index in [4.69, 9.17) is 14.2 Å². The Kier molecular flexibility index (Phi) is 8.22. The third-order valence-electron chi connectivity index (χ3n) is 6.04. The summed E-state index contributed by atoms with van der Waals surface area (Å²) in [6.07, 6.45) is 5.86. The number of fused-ring (bicyclic) bond motifs is 2. The number of amides is 1. The van der Waals surface area contributed by atoms with Crippen molar-refractivity contribution in [2.24, 2.45) is 10.9 Å². The van der Waals surface area contributed by atoms with Gasteiger partial charge in [-0.05, 0) is 59.3 Å². The van der Waals surface area contributed by atoms with Crippen LogP contribution in [0, 0.1) is 5.92 Å². The molecule has 8 nitrogen and oxygen atoms in total. The van der Waals surface area contributed by atoms with Gasteiger partial charge in [0, 0.05) is 50.8 Å². The molecule has 3 atom stereocenters. The fourth-order valence-corrected chi connectivity index (χ4v) is 4.64. The van der Waals surface area contributed by atoms with E-state index < -0.39 is 5.60 Å². The Labute approximate surface area is 181 Å². The van der Waals surface area contributed by atoms with E-state index in [1.807, 2.05) is 25.7 Å². The summed E-state index contributed by atoms with van der Waals surface area (Å²) >= 11 is 0. The Morgan fingerprint density at radius 3 is 2.53 bits per heavy atom. The lowest BCUT2D eigenvalue weighted by molar-refractivity contribution is 0.00545. The summed E-state index contributed by atoms with van der Waals surface area (Å²) < 4.78 is 16.8. The van der Waals surface area contributed by atoms with Crippen molar-refractivity contribution in [2.75, 3.05) is 40.0 Å². The fourth-order valence-electron chi connectivity index (χ4n) is 4.64. The normalized spacial score (nSPS) is 29.2. The number of ether oxygens (including phenoxy) is 3. The molecule has 172 valence electrons. The zero-order valence-corrected chi connectivity index (χ0v) is 19.1. The van der Waals surface area contributed by atoms with Crippen molar-refractivity contribution in [1.82, 2.24) is 15.5 Å². The molecule has 0 aromatic heterocycles. The van der Waals surface area contributed by atoms with Gasteiger partial charge in [0.15, 0.2) is 5.96 Å². The molecule has 8 heteroatoms. The van der Waals surface area contributed by atoms with Crippen molar-refractivity contribution in [2.45, 2.75) is 83.0 Å². The van der Waals surface area contributed by atoms with Crippen molar-refractivity contribution in [3.05, 3.63) is 0 Å². The molecule has 0 radical (unpaired) electrons. The second-order valence-electron chi connectivity index (χ2n) is 9.74. The molecule has 0 aliphatic carbocycles. The number of nitrogens with one attached hydrogen (secondary N) is 2. The first-order chi connectivity index (χ1) is 14.4. The predicted octanol–water partition coefficient (Wildman–Crippen LogP) is 2.53. The van der Waals surface area contributed by atoms with E-state index in [1.165, 1.54) is 0 Å². The van der Waals surface area contributed by atoms with Gasteiger partial charge in [-0.3, -0.25) is 4.99 Å². The van der Waals surface area contributed by atoms with Gasteiger partial charge in [0.2, 0.25) is 0 Å². The Hall–Kier alpha value is -1.54. The number of guanidine groups is 1. The zero-order chi connectivity index (χ0) is 21.6. The molecule has 2 N–H and O–H groups in total. The number of carbonyl (C=O) groups is 1. The van der Waals surface area contributed by atoms with Crippen LogP contribution in [-0.2, 0) is 14.2 Å². The van der Waals surface area contributed by atoms with Crippen molar-refractivity contribution in [3.8, 4) is 0 Å². The second-order valence-corrected chi connectivity index (χ2v) is 9.74. The maximum atomic E-state index is 12.6.